The van der Waals surface area contributed by atoms with Crippen LogP contribution < -0.4 is 0 Å². The van der Waals surface area contributed by atoms with Crippen LogP contribution in [-0.4, -0.2) is 52.8 Å². The molecule has 142 valence electrons. The minimum atomic E-state index is -1.06. The van der Waals surface area contributed by atoms with Crippen LogP contribution in [0.2, 0.25) is 0 Å². The highest BCUT2D eigenvalue weighted by Crippen LogP contribution is 2.18. The van der Waals surface area contributed by atoms with Gasteiger partial charge in [0.25, 0.3) is 5.91 Å². The van der Waals surface area contributed by atoms with Crippen LogP contribution in [0.25, 0.3) is 0 Å². The van der Waals surface area contributed by atoms with Gasteiger partial charge in [-0.3, -0.25) is 4.79 Å². The van der Waals surface area contributed by atoms with Gasteiger partial charge in [0, 0.05) is 19.0 Å². The first-order valence-corrected chi connectivity index (χ1v) is 8.28. The first-order chi connectivity index (χ1) is 12.9. The van der Waals surface area contributed by atoms with E-state index in [2.05, 4.69) is 0 Å². The molecular formula is C19H18FNO6. The third-order valence-corrected chi connectivity index (χ3v) is 3.96. The molecule has 1 aromatic heterocycles. The molecule has 1 unspecified atom stereocenters. The molecule has 0 radical (unpaired) electrons. The Kier molecular flexibility index (Phi) is 5.68. The molecule has 8 heteroatoms. The van der Waals surface area contributed by atoms with E-state index in [-0.39, 0.29) is 30.4 Å². The van der Waals surface area contributed by atoms with E-state index in [9.17, 15) is 19.1 Å². The smallest absolute Gasteiger partial charge is 0.379 e. The predicted molar refractivity (Wildman–Crippen MR) is 91.1 cm³/mol. The molecule has 1 amide bonds. The van der Waals surface area contributed by atoms with Gasteiger partial charge in [0.15, 0.2) is 0 Å². The summed E-state index contributed by atoms with van der Waals surface area (Å²) in [4.78, 5) is 25.2. The minimum absolute atomic E-state index is 0.0186. The van der Waals surface area contributed by atoms with Crippen molar-refractivity contribution in [3.63, 3.8) is 0 Å². The summed E-state index contributed by atoms with van der Waals surface area (Å²) in [6, 6.07) is 9.03. The monoisotopic (exact) mass is 375 g/mol. The van der Waals surface area contributed by atoms with Crippen LogP contribution >= 0.6 is 0 Å². The molecule has 2 aromatic rings. The third kappa shape index (κ3) is 4.81. The fourth-order valence-electron chi connectivity index (χ4n) is 2.62. The van der Waals surface area contributed by atoms with Gasteiger partial charge in [-0.1, -0.05) is 12.1 Å². The maximum atomic E-state index is 12.9. The fourth-order valence-corrected chi connectivity index (χ4v) is 2.62. The number of halogens is 1. The highest BCUT2D eigenvalue weighted by atomic mass is 19.1. The summed E-state index contributed by atoms with van der Waals surface area (Å²) in [5.74, 6) is -0.869. The van der Waals surface area contributed by atoms with E-state index in [4.69, 9.17) is 14.3 Å². The second-order valence-electron chi connectivity index (χ2n) is 6.12. The average Bonchev–Trinajstić information content (AvgIpc) is 3.24. The molecule has 0 saturated carbocycles. The summed E-state index contributed by atoms with van der Waals surface area (Å²) >= 11 is 0. The van der Waals surface area contributed by atoms with Gasteiger partial charge in [0.2, 0.25) is 5.76 Å². The lowest BCUT2D eigenvalue weighted by Crippen LogP contribution is -2.36. The molecule has 0 fully saturated rings. The summed E-state index contributed by atoms with van der Waals surface area (Å²) in [6.45, 7) is -0.512. The molecular weight excluding hydrogens is 357 g/mol. The van der Waals surface area contributed by atoms with E-state index in [1.54, 1.807) is 18.2 Å². The third-order valence-electron chi connectivity index (χ3n) is 3.96. The van der Waals surface area contributed by atoms with Gasteiger partial charge in [-0.25, -0.2) is 9.18 Å². The number of β-amino-alcohol motifs (C(OH)–C–C–N with tert-alkyl or cyclic N) is 1. The molecule has 0 aliphatic carbocycles. The molecule has 0 spiro atoms. The van der Waals surface area contributed by atoms with Crippen LogP contribution in [0.5, 0.6) is 0 Å². The lowest BCUT2D eigenvalue weighted by molar-refractivity contribution is -0.126. The number of carbonyl (C=O) groups is 2. The second kappa shape index (κ2) is 8.15. The van der Waals surface area contributed by atoms with E-state index in [0.29, 0.717) is 12.2 Å². The number of furan rings is 1. The Morgan fingerprint density at radius 1 is 1.26 bits per heavy atom. The van der Waals surface area contributed by atoms with Gasteiger partial charge >= 0.3 is 5.97 Å². The number of esters is 1. The Morgan fingerprint density at radius 3 is 2.70 bits per heavy atom. The van der Waals surface area contributed by atoms with Crippen LogP contribution in [0.15, 0.2) is 52.7 Å². The topological polar surface area (TPSA) is 100 Å². The van der Waals surface area contributed by atoms with Crippen molar-refractivity contribution in [2.45, 2.75) is 12.5 Å². The normalized spacial score (nSPS) is 15.0. The molecule has 2 heterocycles. The van der Waals surface area contributed by atoms with Gasteiger partial charge in [-0.2, -0.15) is 0 Å². The molecule has 7 nitrogen and oxygen atoms in total. The average molecular weight is 375 g/mol. The number of aliphatic hydroxyl groups excluding tert-OH is 2. The summed E-state index contributed by atoms with van der Waals surface area (Å²) < 4.78 is 23.6. The van der Waals surface area contributed by atoms with Crippen molar-refractivity contribution < 1.29 is 33.3 Å². The van der Waals surface area contributed by atoms with Crippen LogP contribution in [-0.2, 0) is 16.0 Å². The summed E-state index contributed by atoms with van der Waals surface area (Å²) in [5.41, 5.74) is 0.827. The van der Waals surface area contributed by atoms with E-state index in [1.807, 2.05) is 0 Å². The summed E-state index contributed by atoms with van der Waals surface area (Å²) in [6.07, 6.45) is 0.489. The molecule has 0 saturated heterocycles. The van der Waals surface area contributed by atoms with Crippen molar-refractivity contribution in [1.82, 2.24) is 4.90 Å². The summed E-state index contributed by atoms with van der Waals surface area (Å²) in [5, 5.41) is 18.3. The molecule has 2 N–H and O–H groups in total. The quantitative estimate of drug-likeness (QED) is 0.707. The summed E-state index contributed by atoms with van der Waals surface area (Å²) in [7, 11) is 0. The number of carbonyl (C=O) groups excluding carboxylic acids is 2. The Hall–Kier alpha value is -2.97. The number of amides is 1. The van der Waals surface area contributed by atoms with E-state index in [0.717, 1.165) is 11.6 Å². The number of benzene rings is 1. The Morgan fingerprint density at radius 2 is 2.00 bits per heavy atom. The van der Waals surface area contributed by atoms with Crippen LogP contribution in [0.1, 0.15) is 21.9 Å². The molecule has 1 aliphatic heterocycles. The van der Waals surface area contributed by atoms with Gasteiger partial charge in [0.1, 0.15) is 17.3 Å². The van der Waals surface area contributed by atoms with Crippen LogP contribution in [0.4, 0.5) is 4.39 Å². The van der Waals surface area contributed by atoms with Crippen molar-refractivity contribution in [3.05, 3.63) is 71.1 Å². The number of ether oxygens (including phenoxy) is 1. The Labute approximate surface area is 154 Å². The predicted octanol–water partition coefficient (Wildman–Crippen LogP) is 1.25. The van der Waals surface area contributed by atoms with Crippen LogP contribution in [0, 0.1) is 5.82 Å². The van der Waals surface area contributed by atoms with Crippen molar-refractivity contribution in [3.8, 4) is 0 Å². The number of aliphatic hydroxyl groups is 2. The fraction of sp³-hybridized carbons (Fsp3) is 0.263. The van der Waals surface area contributed by atoms with Crippen molar-refractivity contribution in [1.29, 1.82) is 0 Å². The SMILES string of the molecule is O=C(OC1=CC(=O)N(CC(O)CO)C1)c1ccc(Cc2ccc(F)cc2)o1. The second-order valence-corrected chi connectivity index (χ2v) is 6.12. The van der Waals surface area contributed by atoms with Gasteiger partial charge in [-0.15, -0.1) is 0 Å². The minimum Gasteiger partial charge on any atom is -0.454 e. The zero-order valence-electron chi connectivity index (χ0n) is 14.3. The maximum Gasteiger partial charge on any atom is 0.379 e. The highest BCUT2D eigenvalue weighted by molar-refractivity contribution is 5.93. The van der Waals surface area contributed by atoms with E-state index >= 15 is 0 Å². The zero-order chi connectivity index (χ0) is 19.4. The zero-order valence-corrected chi connectivity index (χ0v) is 14.3. The lowest BCUT2D eigenvalue weighted by Gasteiger charge is -2.18. The maximum absolute atomic E-state index is 12.9. The molecule has 1 aliphatic rings. The molecule has 27 heavy (non-hydrogen) atoms. The Bertz CT molecular complexity index is 857. The lowest BCUT2D eigenvalue weighted by atomic mass is 10.1. The van der Waals surface area contributed by atoms with Gasteiger partial charge in [0.05, 0.1) is 19.3 Å². The molecule has 1 atom stereocenters. The van der Waals surface area contributed by atoms with E-state index < -0.39 is 24.6 Å². The standard InChI is InChI=1S/C19H18FNO6/c20-13-3-1-12(2-4-13)7-15-5-6-17(26-15)19(25)27-16-8-18(24)21(10-16)9-14(23)11-22/h1-6,8,14,22-23H,7,9-11H2. The van der Waals surface area contributed by atoms with Crippen LogP contribution in [0.3, 0.4) is 0 Å². The molecule has 0 bridgehead atoms. The van der Waals surface area contributed by atoms with Gasteiger partial charge in [-0.05, 0) is 29.8 Å². The molecule has 1 aromatic carbocycles. The Balaban J connectivity index is 1.57. The number of hydrogen-bond acceptors (Lipinski definition) is 6. The number of rotatable bonds is 7. The number of hydrogen-bond donors (Lipinski definition) is 2. The van der Waals surface area contributed by atoms with E-state index in [1.165, 1.54) is 23.1 Å². The van der Waals surface area contributed by atoms with Crippen molar-refractivity contribution in [2.75, 3.05) is 19.7 Å². The number of nitrogens with zero attached hydrogens (tertiary/aromatic N) is 1. The molecule has 3 rings (SSSR count). The first kappa shape index (κ1) is 18.8. The van der Waals surface area contributed by atoms with Gasteiger partial charge < -0.3 is 24.3 Å². The van der Waals surface area contributed by atoms with Crippen molar-refractivity contribution >= 4 is 11.9 Å². The van der Waals surface area contributed by atoms with Crippen molar-refractivity contribution in [2.24, 2.45) is 0 Å². The highest BCUT2D eigenvalue weighted by Gasteiger charge is 2.27. The first-order valence-electron chi connectivity index (χ1n) is 8.28. The largest absolute Gasteiger partial charge is 0.454 e.